The third kappa shape index (κ3) is 3.98. The van der Waals surface area contributed by atoms with Crippen LogP contribution in [0.25, 0.3) is 0 Å². The number of nitrogen functional groups attached to an aromatic ring is 1. The summed E-state index contributed by atoms with van der Waals surface area (Å²) in [6.07, 6.45) is -0.243. The topological polar surface area (TPSA) is 127 Å². The van der Waals surface area contributed by atoms with Crippen LogP contribution in [0.1, 0.15) is 32.2 Å². The van der Waals surface area contributed by atoms with E-state index in [1.165, 1.54) is 12.1 Å². The van der Waals surface area contributed by atoms with Crippen LogP contribution in [0, 0.1) is 0 Å². The number of sulfone groups is 1. The number of benzene rings is 1. The van der Waals surface area contributed by atoms with Gasteiger partial charge in [0.15, 0.2) is 0 Å². The Hall–Kier alpha value is -2.55. The molecule has 0 radical (unpaired) electrons. The van der Waals surface area contributed by atoms with Crippen LogP contribution in [0.2, 0.25) is 0 Å². The van der Waals surface area contributed by atoms with Crippen molar-refractivity contribution in [3.8, 4) is 0 Å². The second-order valence-corrected chi connectivity index (χ2v) is 7.92. The van der Waals surface area contributed by atoms with Gasteiger partial charge in [0, 0.05) is 11.7 Å². The lowest BCUT2D eigenvalue weighted by Crippen LogP contribution is -2.35. The number of nitrogens with zero attached hydrogens (tertiary/aromatic N) is 2. The smallest absolute Gasteiger partial charge is 0.404 e. The van der Waals surface area contributed by atoms with E-state index < -0.39 is 22.0 Å². The minimum absolute atomic E-state index is 0.123. The number of hydrogen-bond donors (Lipinski definition) is 3. The zero-order chi connectivity index (χ0) is 19.5. The Bertz CT molecular complexity index is 905. The Balaban J connectivity index is 2.56. The molecule has 2 rings (SSSR count). The zero-order valence-corrected chi connectivity index (χ0v) is 15.9. The highest BCUT2D eigenvalue weighted by Crippen LogP contribution is 2.29. The maximum Gasteiger partial charge on any atom is 0.404 e. The number of aromatic nitrogens is 2. The summed E-state index contributed by atoms with van der Waals surface area (Å²) in [5, 5.41) is 15.6. The van der Waals surface area contributed by atoms with Crippen LogP contribution < -0.4 is 11.1 Å². The molecule has 1 aromatic carbocycles. The standard InChI is InChI=1S/C17H24N4O4S/c1-4-14-16(26(24,25)13-8-6-7-12(18)9-13)15(5-2)21(20-14)10-11(3)19-17(22)23/h6-9,11,19H,4-5,10,18H2,1-3H3,(H,22,23)/t11-/m0/s1. The normalized spacial score (nSPS) is 12.7. The molecule has 0 aliphatic heterocycles. The van der Waals surface area contributed by atoms with Crippen molar-refractivity contribution in [2.45, 2.75) is 56.0 Å². The lowest BCUT2D eigenvalue weighted by molar-refractivity contribution is 0.189. The Morgan fingerprint density at radius 1 is 1.35 bits per heavy atom. The molecule has 0 saturated heterocycles. The Morgan fingerprint density at radius 3 is 2.58 bits per heavy atom. The van der Waals surface area contributed by atoms with Gasteiger partial charge in [-0.25, -0.2) is 13.2 Å². The second-order valence-electron chi connectivity index (χ2n) is 6.04. The minimum Gasteiger partial charge on any atom is -0.465 e. The fourth-order valence-corrected chi connectivity index (χ4v) is 4.73. The number of amides is 1. The Labute approximate surface area is 152 Å². The van der Waals surface area contributed by atoms with Crippen LogP contribution in [0.15, 0.2) is 34.1 Å². The highest BCUT2D eigenvalue weighted by molar-refractivity contribution is 7.91. The zero-order valence-electron chi connectivity index (χ0n) is 15.1. The SMILES string of the molecule is CCc1nn(C[C@H](C)NC(=O)O)c(CC)c1S(=O)(=O)c1cccc(N)c1. The van der Waals surface area contributed by atoms with Crippen molar-refractivity contribution in [3.05, 3.63) is 35.7 Å². The van der Waals surface area contributed by atoms with Crippen molar-refractivity contribution in [2.75, 3.05) is 5.73 Å². The monoisotopic (exact) mass is 380 g/mol. The first-order chi connectivity index (χ1) is 12.2. The maximum atomic E-state index is 13.2. The fraction of sp³-hybridized carbons (Fsp3) is 0.412. The summed E-state index contributed by atoms with van der Waals surface area (Å²) in [6, 6.07) is 5.76. The molecule has 1 aromatic heterocycles. The van der Waals surface area contributed by atoms with E-state index in [4.69, 9.17) is 10.8 Å². The molecule has 0 aliphatic rings. The molecule has 9 heteroatoms. The van der Waals surface area contributed by atoms with Gasteiger partial charge >= 0.3 is 6.09 Å². The third-order valence-corrected chi connectivity index (χ3v) is 5.88. The van der Waals surface area contributed by atoms with E-state index in [0.717, 1.165) is 0 Å². The van der Waals surface area contributed by atoms with Crippen LogP contribution in [-0.4, -0.2) is 35.4 Å². The first-order valence-corrected chi connectivity index (χ1v) is 9.87. The van der Waals surface area contributed by atoms with Gasteiger partial charge in [0.2, 0.25) is 9.84 Å². The lowest BCUT2D eigenvalue weighted by Gasteiger charge is -2.14. The highest BCUT2D eigenvalue weighted by Gasteiger charge is 2.29. The van der Waals surface area contributed by atoms with E-state index in [0.29, 0.717) is 29.9 Å². The summed E-state index contributed by atoms with van der Waals surface area (Å²) in [5.41, 5.74) is 7.14. The number of nitrogens with two attached hydrogens (primary N) is 1. The minimum atomic E-state index is -3.79. The highest BCUT2D eigenvalue weighted by atomic mass is 32.2. The number of carboxylic acid groups (broad SMARTS) is 1. The number of rotatable bonds is 7. The van der Waals surface area contributed by atoms with Gasteiger partial charge in [-0.2, -0.15) is 5.10 Å². The molecule has 142 valence electrons. The summed E-state index contributed by atoms with van der Waals surface area (Å²) >= 11 is 0. The molecule has 26 heavy (non-hydrogen) atoms. The molecule has 0 bridgehead atoms. The van der Waals surface area contributed by atoms with Crippen molar-refractivity contribution in [1.82, 2.24) is 15.1 Å². The van der Waals surface area contributed by atoms with E-state index in [9.17, 15) is 13.2 Å². The van der Waals surface area contributed by atoms with Crippen molar-refractivity contribution in [1.29, 1.82) is 0 Å². The van der Waals surface area contributed by atoms with E-state index >= 15 is 0 Å². The van der Waals surface area contributed by atoms with Crippen LogP contribution in [0.4, 0.5) is 10.5 Å². The molecular formula is C17H24N4O4S. The first kappa shape index (κ1) is 19.8. The number of nitrogens with one attached hydrogen (secondary N) is 1. The maximum absolute atomic E-state index is 13.2. The predicted molar refractivity (Wildman–Crippen MR) is 97.9 cm³/mol. The molecule has 0 saturated carbocycles. The lowest BCUT2D eigenvalue weighted by atomic mass is 10.2. The van der Waals surface area contributed by atoms with Gasteiger partial charge in [0.05, 0.1) is 22.8 Å². The van der Waals surface area contributed by atoms with Gasteiger partial charge < -0.3 is 16.2 Å². The van der Waals surface area contributed by atoms with Crippen molar-refractivity contribution in [3.63, 3.8) is 0 Å². The molecule has 4 N–H and O–H groups in total. The van der Waals surface area contributed by atoms with Gasteiger partial charge in [-0.05, 0) is 38.0 Å². The Kier molecular flexibility index (Phi) is 5.91. The van der Waals surface area contributed by atoms with Gasteiger partial charge in [0.25, 0.3) is 0 Å². The van der Waals surface area contributed by atoms with Crippen LogP contribution in [0.3, 0.4) is 0 Å². The van der Waals surface area contributed by atoms with E-state index in [2.05, 4.69) is 10.4 Å². The summed E-state index contributed by atoms with van der Waals surface area (Å²) in [4.78, 5) is 11.1. The molecule has 0 spiro atoms. The molecule has 1 heterocycles. The number of carbonyl (C=O) groups is 1. The largest absolute Gasteiger partial charge is 0.465 e. The molecule has 0 unspecified atom stereocenters. The molecular weight excluding hydrogens is 356 g/mol. The van der Waals surface area contributed by atoms with Gasteiger partial charge in [-0.1, -0.05) is 19.9 Å². The van der Waals surface area contributed by atoms with E-state index in [-0.39, 0.29) is 16.3 Å². The van der Waals surface area contributed by atoms with E-state index in [1.807, 2.05) is 13.8 Å². The van der Waals surface area contributed by atoms with Crippen LogP contribution >= 0.6 is 0 Å². The predicted octanol–water partition coefficient (Wildman–Crippen LogP) is 2.08. The second kappa shape index (κ2) is 7.77. The molecule has 2 aromatic rings. The van der Waals surface area contributed by atoms with Crippen LogP contribution in [0.5, 0.6) is 0 Å². The van der Waals surface area contributed by atoms with Gasteiger partial charge in [-0.3, -0.25) is 4.68 Å². The third-order valence-electron chi connectivity index (χ3n) is 4.00. The van der Waals surface area contributed by atoms with Crippen molar-refractivity contribution >= 4 is 21.6 Å². The summed E-state index contributed by atoms with van der Waals surface area (Å²) in [5.74, 6) is 0. The molecule has 8 nitrogen and oxygen atoms in total. The van der Waals surface area contributed by atoms with Crippen LogP contribution in [-0.2, 0) is 29.2 Å². The fourth-order valence-electron chi connectivity index (χ4n) is 2.89. The van der Waals surface area contributed by atoms with Gasteiger partial charge in [-0.15, -0.1) is 0 Å². The number of hydrogen-bond acceptors (Lipinski definition) is 5. The van der Waals surface area contributed by atoms with Crippen molar-refractivity contribution in [2.24, 2.45) is 0 Å². The first-order valence-electron chi connectivity index (χ1n) is 8.39. The average molecular weight is 380 g/mol. The molecule has 0 fully saturated rings. The quantitative estimate of drug-likeness (QED) is 0.631. The van der Waals surface area contributed by atoms with Crippen molar-refractivity contribution < 1.29 is 18.3 Å². The van der Waals surface area contributed by atoms with Gasteiger partial charge in [0.1, 0.15) is 4.90 Å². The molecule has 1 atom stereocenters. The number of aryl methyl sites for hydroxylation is 1. The molecule has 1 amide bonds. The van der Waals surface area contributed by atoms with E-state index in [1.54, 1.807) is 23.7 Å². The Morgan fingerprint density at radius 2 is 2.04 bits per heavy atom. The summed E-state index contributed by atoms with van der Waals surface area (Å²) < 4.78 is 28.0. The molecule has 0 aliphatic carbocycles. The number of anilines is 1. The average Bonchev–Trinajstić information content (AvgIpc) is 2.92. The summed E-state index contributed by atoms with van der Waals surface area (Å²) in [7, 11) is -3.79. The summed E-state index contributed by atoms with van der Waals surface area (Å²) in [6.45, 7) is 5.63.